The summed E-state index contributed by atoms with van der Waals surface area (Å²) in [6.07, 6.45) is 4.59. The monoisotopic (exact) mass is 181 g/mol. The lowest BCUT2D eigenvalue weighted by atomic mass is 10.3. The van der Waals surface area contributed by atoms with Gasteiger partial charge in [-0.3, -0.25) is 0 Å². The molecule has 0 aliphatic rings. The molecule has 1 aromatic rings. The fourth-order valence-corrected chi connectivity index (χ4v) is 0.987. The van der Waals surface area contributed by atoms with E-state index in [2.05, 4.69) is 23.1 Å². The highest BCUT2D eigenvalue weighted by Crippen LogP contribution is 2.00. The van der Waals surface area contributed by atoms with Crippen LogP contribution in [0.3, 0.4) is 0 Å². The standard InChI is InChI=1S/C9H13N2O2/c1-3-5-7-6-10-8(11-7)9(12)13-4-2/h3-5H2,1-2H3,(H,10,11). The van der Waals surface area contributed by atoms with Crippen LogP contribution < -0.4 is 0 Å². The van der Waals surface area contributed by atoms with E-state index in [1.165, 1.54) is 0 Å². The molecule has 4 heteroatoms. The van der Waals surface area contributed by atoms with Crippen molar-refractivity contribution in [3.8, 4) is 0 Å². The highest BCUT2D eigenvalue weighted by molar-refractivity contribution is 5.85. The molecular weight excluding hydrogens is 168 g/mol. The molecule has 13 heavy (non-hydrogen) atoms. The van der Waals surface area contributed by atoms with E-state index in [-0.39, 0.29) is 5.82 Å². The third-order valence-electron chi connectivity index (χ3n) is 1.54. The fourth-order valence-electron chi connectivity index (χ4n) is 0.987. The van der Waals surface area contributed by atoms with E-state index in [4.69, 9.17) is 4.74 Å². The van der Waals surface area contributed by atoms with Crippen LogP contribution in [0.5, 0.6) is 0 Å². The third-order valence-corrected chi connectivity index (χ3v) is 1.54. The smallest absolute Gasteiger partial charge is 0.374 e. The summed E-state index contributed by atoms with van der Waals surface area (Å²) >= 11 is 0. The average molecular weight is 181 g/mol. The SMILES string of the molecule is CCCc1[c]nc(C(=O)OCC)[nH]1. The number of hydrogen-bond donors (Lipinski definition) is 1. The van der Waals surface area contributed by atoms with Crippen molar-refractivity contribution in [2.75, 3.05) is 6.61 Å². The van der Waals surface area contributed by atoms with Gasteiger partial charge in [0.05, 0.1) is 6.61 Å². The maximum atomic E-state index is 11.1. The summed E-state index contributed by atoms with van der Waals surface area (Å²) < 4.78 is 4.77. The lowest BCUT2D eigenvalue weighted by Gasteiger charge is -1.96. The molecule has 1 aromatic heterocycles. The Morgan fingerprint density at radius 3 is 3.00 bits per heavy atom. The lowest BCUT2D eigenvalue weighted by molar-refractivity contribution is 0.0513. The Kier molecular flexibility index (Phi) is 3.49. The number of ether oxygens (including phenoxy) is 1. The zero-order valence-electron chi connectivity index (χ0n) is 7.89. The first-order valence-electron chi connectivity index (χ1n) is 4.41. The molecule has 0 saturated carbocycles. The van der Waals surface area contributed by atoms with E-state index in [0.29, 0.717) is 6.61 Å². The largest absolute Gasteiger partial charge is 0.460 e. The van der Waals surface area contributed by atoms with E-state index in [1.807, 2.05) is 0 Å². The van der Waals surface area contributed by atoms with Gasteiger partial charge in [-0.05, 0) is 13.3 Å². The van der Waals surface area contributed by atoms with Crippen molar-refractivity contribution < 1.29 is 9.53 Å². The first-order chi connectivity index (χ1) is 6.27. The molecule has 1 rings (SSSR count). The highest BCUT2D eigenvalue weighted by Gasteiger charge is 2.10. The molecule has 0 aromatic carbocycles. The number of hydrogen-bond acceptors (Lipinski definition) is 3. The van der Waals surface area contributed by atoms with Gasteiger partial charge in [-0.1, -0.05) is 13.3 Å². The number of aromatic amines is 1. The normalized spacial score (nSPS) is 10.0. The summed E-state index contributed by atoms with van der Waals surface area (Å²) in [4.78, 5) is 17.8. The quantitative estimate of drug-likeness (QED) is 0.713. The molecule has 1 N–H and O–H groups in total. The van der Waals surface area contributed by atoms with Crippen LogP contribution in [0.2, 0.25) is 0 Å². The molecule has 0 amide bonds. The minimum Gasteiger partial charge on any atom is -0.460 e. The van der Waals surface area contributed by atoms with Crippen molar-refractivity contribution in [2.45, 2.75) is 26.7 Å². The molecule has 4 nitrogen and oxygen atoms in total. The van der Waals surface area contributed by atoms with E-state index in [0.717, 1.165) is 18.5 Å². The van der Waals surface area contributed by atoms with E-state index < -0.39 is 5.97 Å². The van der Waals surface area contributed by atoms with Gasteiger partial charge in [0.2, 0.25) is 5.82 Å². The minimum atomic E-state index is -0.416. The molecule has 0 aliphatic carbocycles. The molecule has 0 unspecified atom stereocenters. The topological polar surface area (TPSA) is 55.0 Å². The number of carbonyl (C=O) groups excluding carboxylic acids is 1. The number of aryl methyl sites for hydroxylation is 1. The highest BCUT2D eigenvalue weighted by atomic mass is 16.5. The Morgan fingerprint density at radius 2 is 2.38 bits per heavy atom. The van der Waals surface area contributed by atoms with Crippen LogP contribution in [0, 0.1) is 6.20 Å². The van der Waals surface area contributed by atoms with E-state index in [9.17, 15) is 4.79 Å². The Bertz CT molecular complexity index is 281. The number of carbonyl (C=O) groups is 1. The summed E-state index contributed by atoms with van der Waals surface area (Å²) in [5.41, 5.74) is 0.852. The first-order valence-corrected chi connectivity index (χ1v) is 4.41. The Hall–Kier alpha value is -1.32. The van der Waals surface area contributed by atoms with Crippen LogP contribution >= 0.6 is 0 Å². The summed E-state index contributed by atoms with van der Waals surface area (Å²) in [7, 11) is 0. The van der Waals surface area contributed by atoms with Crippen LogP contribution in [0.1, 0.15) is 36.6 Å². The molecular formula is C9H13N2O2. The molecule has 0 saturated heterocycles. The molecule has 0 bridgehead atoms. The van der Waals surface area contributed by atoms with Gasteiger partial charge in [-0.2, -0.15) is 0 Å². The van der Waals surface area contributed by atoms with E-state index >= 15 is 0 Å². The maximum Gasteiger partial charge on any atom is 0.374 e. The maximum absolute atomic E-state index is 11.1. The van der Waals surface area contributed by atoms with Crippen LogP contribution in [0.15, 0.2) is 0 Å². The number of nitrogens with one attached hydrogen (secondary N) is 1. The summed E-state index contributed by atoms with van der Waals surface area (Å²) in [6, 6.07) is 0. The van der Waals surface area contributed by atoms with Crippen molar-refractivity contribution in [1.82, 2.24) is 9.97 Å². The third kappa shape index (κ3) is 2.57. The summed E-state index contributed by atoms with van der Waals surface area (Å²) in [6.45, 7) is 4.18. The van der Waals surface area contributed by atoms with Gasteiger partial charge in [0.15, 0.2) is 0 Å². The van der Waals surface area contributed by atoms with E-state index in [1.54, 1.807) is 6.92 Å². The van der Waals surface area contributed by atoms with Gasteiger partial charge < -0.3 is 9.72 Å². The van der Waals surface area contributed by atoms with Gasteiger partial charge in [0.1, 0.15) is 6.20 Å². The fraction of sp³-hybridized carbons (Fsp3) is 0.556. The van der Waals surface area contributed by atoms with Crippen LogP contribution in [-0.4, -0.2) is 22.5 Å². The van der Waals surface area contributed by atoms with Crippen molar-refractivity contribution >= 4 is 5.97 Å². The number of esters is 1. The van der Waals surface area contributed by atoms with Crippen molar-refractivity contribution in [2.24, 2.45) is 0 Å². The molecule has 0 atom stereocenters. The van der Waals surface area contributed by atoms with Gasteiger partial charge in [-0.25, -0.2) is 9.78 Å². The molecule has 71 valence electrons. The number of H-pyrrole nitrogens is 1. The Morgan fingerprint density at radius 1 is 1.62 bits per heavy atom. The number of aromatic nitrogens is 2. The van der Waals surface area contributed by atoms with Crippen molar-refractivity contribution in [3.63, 3.8) is 0 Å². The second-order valence-electron chi connectivity index (χ2n) is 2.65. The van der Waals surface area contributed by atoms with Gasteiger partial charge in [0.25, 0.3) is 0 Å². The van der Waals surface area contributed by atoms with Crippen LogP contribution in [-0.2, 0) is 11.2 Å². The minimum absolute atomic E-state index is 0.241. The van der Waals surface area contributed by atoms with Gasteiger partial charge in [-0.15, -0.1) is 0 Å². The summed E-state index contributed by atoms with van der Waals surface area (Å²) in [5, 5.41) is 0. The van der Waals surface area contributed by atoms with Gasteiger partial charge >= 0.3 is 5.97 Å². The average Bonchev–Trinajstić information content (AvgIpc) is 2.54. The zero-order valence-corrected chi connectivity index (χ0v) is 7.89. The van der Waals surface area contributed by atoms with Crippen LogP contribution in [0.25, 0.3) is 0 Å². The van der Waals surface area contributed by atoms with Gasteiger partial charge in [0, 0.05) is 5.69 Å². The molecule has 1 heterocycles. The van der Waals surface area contributed by atoms with Crippen LogP contribution in [0.4, 0.5) is 0 Å². The first kappa shape index (κ1) is 9.77. The predicted molar refractivity (Wildman–Crippen MR) is 47.4 cm³/mol. The summed E-state index contributed by atoms with van der Waals surface area (Å²) in [5.74, 6) is -0.175. The number of imidazole rings is 1. The second kappa shape index (κ2) is 4.64. The molecule has 0 fully saturated rings. The molecule has 0 spiro atoms. The molecule has 0 aliphatic heterocycles. The predicted octanol–water partition coefficient (Wildman–Crippen LogP) is 1.34. The lowest BCUT2D eigenvalue weighted by Crippen LogP contribution is -2.06. The zero-order chi connectivity index (χ0) is 9.68. The molecule has 1 radical (unpaired) electrons. The number of rotatable bonds is 4. The number of nitrogens with zero attached hydrogens (tertiary/aromatic N) is 1. The second-order valence-corrected chi connectivity index (χ2v) is 2.65. The van der Waals surface area contributed by atoms with Crippen molar-refractivity contribution in [3.05, 3.63) is 17.7 Å². The van der Waals surface area contributed by atoms with Crippen molar-refractivity contribution in [1.29, 1.82) is 0 Å². The Balaban J connectivity index is 2.62. The Labute approximate surface area is 77.3 Å².